The maximum Gasteiger partial charge on any atom is 0.416 e. The van der Waals surface area contributed by atoms with Crippen LogP contribution in [0.4, 0.5) is 13.2 Å². The van der Waals surface area contributed by atoms with Crippen LogP contribution in [-0.4, -0.2) is 25.2 Å². The van der Waals surface area contributed by atoms with E-state index >= 15 is 0 Å². The van der Waals surface area contributed by atoms with Gasteiger partial charge < -0.3 is 9.47 Å². The quantitative estimate of drug-likeness (QED) is 0.813. The fourth-order valence-electron chi connectivity index (χ4n) is 1.88. The van der Waals surface area contributed by atoms with Crippen LogP contribution in [-0.2, 0) is 10.9 Å². The van der Waals surface area contributed by atoms with Gasteiger partial charge in [-0.25, -0.2) is 9.78 Å². The predicted molar refractivity (Wildman–Crippen MR) is 72.6 cm³/mol. The molecule has 0 spiro atoms. The van der Waals surface area contributed by atoms with E-state index in [1.807, 2.05) is 0 Å². The van der Waals surface area contributed by atoms with Crippen molar-refractivity contribution in [3.63, 3.8) is 0 Å². The number of nitrogens with zero attached hydrogens (tertiary/aromatic N) is 1. The number of esters is 1. The molecular weight excluding hydrogens is 299 g/mol. The third kappa shape index (κ3) is 3.19. The Labute approximate surface area is 124 Å². The minimum atomic E-state index is -4.39. The van der Waals surface area contributed by atoms with Gasteiger partial charge in [0.15, 0.2) is 5.69 Å². The summed E-state index contributed by atoms with van der Waals surface area (Å²) in [5, 5.41) is 0. The molecule has 22 heavy (non-hydrogen) atoms. The van der Waals surface area contributed by atoms with Crippen molar-refractivity contribution < 1.29 is 27.4 Å². The van der Waals surface area contributed by atoms with Crippen LogP contribution in [0.15, 0.2) is 36.5 Å². The number of rotatable bonds is 3. The first-order chi connectivity index (χ1) is 10.4. The molecule has 0 atom stereocenters. The summed E-state index contributed by atoms with van der Waals surface area (Å²) in [5.74, 6) is -0.313. The Kier molecular flexibility index (Phi) is 4.35. The normalized spacial score (nSPS) is 11.1. The molecule has 1 aromatic heterocycles. The lowest BCUT2D eigenvalue weighted by atomic mass is 10.0. The van der Waals surface area contributed by atoms with Crippen LogP contribution < -0.4 is 4.74 Å². The second-order valence-electron chi connectivity index (χ2n) is 4.34. The van der Waals surface area contributed by atoms with Crippen molar-refractivity contribution in [2.45, 2.75) is 6.18 Å². The van der Waals surface area contributed by atoms with E-state index in [1.165, 1.54) is 38.6 Å². The van der Waals surface area contributed by atoms with Crippen molar-refractivity contribution in [1.82, 2.24) is 4.98 Å². The summed E-state index contributed by atoms with van der Waals surface area (Å²) >= 11 is 0. The van der Waals surface area contributed by atoms with Crippen molar-refractivity contribution in [2.24, 2.45) is 0 Å². The third-order valence-electron chi connectivity index (χ3n) is 3.00. The van der Waals surface area contributed by atoms with Crippen LogP contribution in [0.1, 0.15) is 16.1 Å². The van der Waals surface area contributed by atoms with E-state index in [1.54, 1.807) is 0 Å². The van der Waals surface area contributed by atoms with Gasteiger partial charge in [-0.3, -0.25) is 0 Å². The maximum absolute atomic E-state index is 12.6. The van der Waals surface area contributed by atoms with Gasteiger partial charge in [-0.15, -0.1) is 0 Å². The first kappa shape index (κ1) is 15.8. The molecule has 0 amide bonds. The smallest absolute Gasteiger partial charge is 0.416 e. The van der Waals surface area contributed by atoms with Gasteiger partial charge in [0.05, 0.1) is 19.8 Å². The molecule has 0 aliphatic carbocycles. The zero-order valence-electron chi connectivity index (χ0n) is 11.8. The molecule has 116 valence electrons. The average molecular weight is 311 g/mol. The monoisotopic (exact) mass is 311 g/mol. The van der Waals surface area contributed by atoms with E-state index < -0.39 is 17.7 Å². The second-order valence-corrected chi connectivity index (χ2v) is 4.34. The number of carbonyl (C=O) groups excluding carboxylic acids is 1. The molecule has 0 unspecified atom stereocenters. The molecule has 1 aromatic carbocycles. The van der Waals surface area contributed by atoms with E-state index in [-0.39, 0.29) is 5.69 Å². The molecule has 0 bridgehead atoms. The van der Waals surface area contributed by atoms with E-state index in [9.17, 15) is 18.0 Å². The molecule has 0 saturated heterocycles. The van der Waals surface area contributed by atoms with Gasteiger partial charge in [0.1, 0.15) is 5.75 Å². The highest BCUT2D eigenvalue weighted by molar-refractivity contribution is 5.88. The van der Waals surface area contributed by atoms with Crippen LogP contribution in [0.3, 0.4) is 0 Å². The van der Waals surface area contributed by atoms with Gasteiger partial charge in [-0.1, -0.05) is 12.1 Å². The number of methoxy groups -OCH3 is 2. The molecule has 0 fully saturated rings. The SMILES string of the molecule is COC(=O)c1cc(OC)c(-c2ccc(C(F)(F)F)cc2)cn1. The van der Waals surface area contributed by atoms with Crippen LogP contribution in [0.2, 0.25) is 0 Å². The lowest BCUT2D eigenvalue weighted by molar-refractivity contribution is -0.137. The lowest BCUT2D eigenvalue weighted by Crippen LogP contribution is -2.05. The predicted octanol–water partition coefficient (Wildman–Crippen LogP) is 3.56. The number of halogens is 3. The number of carbonyl (C=O) groups is 1. The van der Waals surface area contributed by atoms with Gasteiger partial charge in [-0.2, -0.15) is 13.2 Å². The number of hydrogen-bond acceptors (Lipinski definition) is 4. The summed E-state index contributed by atoms with van der Waals surface area (Å²) in [6.45, 7) is 0. The van der Waals surface area contributed by atoms with Crippen molar-refractivity contribution in [3.05, 3.63) is 47.8 Å². The maximum atomic E-state index is 12.6. The first-order valence-electron chi connectivity index (χ1n) is 6.17. The Bertz CT molecular complexity index is 681. The minimum Gasteiger partial charge on any atom is -0.496 e. The standard InChI is InChI=1S/C15H12F3NO3/c1-21-13-7-12(14(20)22-2)19-8-11(13)9-3-5-10(6-4-9)15(16,17)18/h3-8H,1-2H3. The largest absolute Gasteiger partial charge is 0.496 e. The molecule has 0 saturated carbocycles. The summed E-state index contributed by atoms with van der Waals surface area (Å²) in [6.07, 6.45) is -3.04. The van der Waals surface area contributed by atoms with Gasteiger partial charge in [0.25, 0.3) is 0 Å². The van der Waals surface area contributed by atoms with Gasteiger partial charge in [0.2, 0.25) is 0 Å². The number of pyridine rings is 1. The lowest BCUT2D eigenvalue weighted by Gasteiger charge is -2.11. The highest BCUT2D eigenvalue weighted by atomic mass is 19.4. The Balaban J connectivity index is 2.42. The van der Waals surface area contributed by atoms with Crippen LogP contribution in [0.25, 0.3) is 11.1 Å². The molecule has 0 aliphatic rings. The highest BCUT2D eigenvalue weighted by Crippen LogP contribution is 2.33. The second kappa shape index (κ2) is 6.05. The molecule has 2 aromatic rings. The number of hydrogen-bond donors (Lipinski definition) is 0. The molecule has 0 N–H and O–H groups in total. The van der Waals surface area contributed by atoms with E-state index in [0.29, 0.717) is 16.9 Å². The number of aromatic nitrogens is 1. The molecule has 0 radical (unpaired) electrons. The number of benzene rings is 1. The van der Waals surface area contributed by atoms with Crippen molar-refractivity contribution >= 4 is 5.97 Å². The van der Waals surface area contributed by atoms with Gasteiger partial charge >= 0.3 is 12.1 Å². The molecule has 4 nitrogen and oxygen atoms in total. The zero-order valence-corrected chi connectivity index (χ0v) is 11.8. The Hall–Kier alpha value is -2.57. The third-order valence-corrected chi connectivity index (χ3v) is 3.00. The van der Waals surface area contributed by atoms with Crippen molar-refractivity contribution in [2.75, 3.05) is 14.2 Å². The summed E-state index contributed by atoms with van der Waals surface area (Å²) in [4.78, 5) is 15.3. The van der Waals surface area contributed by atoms with Gasteiger partial charge in [0, 0.05) is 17.8 Å². The summed E-state index contributed by atoms with van der Waals surface area (Å²) in [7, 11) is 2.62. The Morgan fingerprint density at radius 3 is 2.27 bits per heavy atom. The zero-order chi connectivity index (χ0) is 16.3. The molecular formula is C15H12F3NO3. The van der Waals surface area contributed by atoms with Crippen LogP contribution >= 0.6 is 0 Å². The molecule has 2 rings (SSSR count). The van der Waals surface area contributed by atoms with E-state index in [4.69, 9.17) is 4.74 Å². The molecule has 7 heteroatoms. The van der Waals surface area contributed by atoms with Crippen LogP contribution in [0, 0.1) is 0 Å². The van der Waals surface area contributed by atoms with E-state index in [2.05, 4.69) is 9.72 Å². The van der Waals surface area contributed by atoms with Crippen molar-refractivity contribution in [3.8, 4) is 16.9 Å². The highest BCUT2D eigenvalue weighted by Gasteiger charge is 2.30. The fraction of sp³-hybridized carbons (Fsp3) is 0.200. The number of alkyl halides is 3. The van der Waals surface area contributed by atoms with Gasteiger partial charge in [-0.05, 0) is 17.7 Å². The molecule has 0 aliphatic heterocycles. The van der Waals surface area contributed by atoms with E-state index in [0.717, 1.165) is 12.1 Å². The fourth-order valence-corrected chi connectivity index (χ4v) is 1.88. The average Bonchev–Trinajstić information content (AvgIpc) is 2.52. The summed E-state index contributed by atoms with van der Waals surface area (Å²) < 4.78 is 47.4. The minimum absolute atomic E-state index is 0.0509. The first-order valence-corrected chi connectivity index (χ1v) is 6.17. The Morgan fingerprint density at radius 2 is 1.77 bits per heavy atom. The summed E-state index contributed by atoms with van der Waals surface area (Å²) in [6, 6.07) is 5.96. The summed E-state index contributed by atoms with van der Waals surface area (Å²) in [5.41, 5.74) is 0.280. The molecule has 1 heterocycles. The van der Waals surface area contributed by atoms with Crippen molar-refractivity contribution in [1.29, 1.82) is 0 Å². The Morgan fingerprint density at radius 1 is 1.14 bits per heavy atom. The number of ether oxygens (including phenoxy) is 2. The topological polar surface area (TPSA) is 48.4 Å². The van der Waals surface area contributed by atoms with Crippen LogP contribution in [0.5, 0.6) is 5.75 Å².